The Kier molecular flexibility index (Phi) is 2.87. The van der Waals surface area contributed by atoms with Crippen LogP contribution in [0.5, 0.6) is 5.75 Å². The Bertz CT molecular complexity index is 366. The van der Waals surface area contributed by atoms with Gasteiger partial charge in [0.25, 0.3) is 0 Å². The number of hydrogen-bond donors (Lipinski definition) is 2. The van der Waals surface area contributed by atoms with E-state index < -0.39 is 8.07 Å². The molecule has 0 aliphatic carbocycles. The lowest BCUT2D eigenvalue weighted by Crippen LogP contribution is -2.49. The summed E-state index contributed by atoms with van der Waals surface area (Å²) in [5.74, 6) is 0.385. The monoisotopic (exact) mass is 223 g/mol. The molecule has 0 fully saturated rings. The number of nitrogen functional groups attached to an aromatic ring is 1. The molecule has 0 atom stereocenters. The van der Waals surface area contributed by atoms with Gasteiger partial charge in [0.15, 0.2) is 0 Å². The lowest BCUT2D eigenvalue weighted by Gasteiger charge is -2.37. The average molecular weight is 223 g/mol. The van der Waals surface area contributed by atoms with E-state index in [1.165, 1.54) is 0 Å². The highest BCUT2D eigenvalue weighted by atomic mass is 28.3. The molecule has 0 aliphatic rings. The summed E-state index contributed by atoms with van der Waals surface area (Å²) in [5, 5.41) is 11.2. The molecule has 3 heteroatoms. The van der Waals surface area contributed by atoms with Gasteiger partial charge in [-0.3, -0.25) is 0 Å². The summed E-state index contributed by atoms with van der Waals surface area (Å²) < 4.78 is 0. The van der Waals surface area contributed by atoms with Crippen LogP contribution < -0.4 is 10.9 Å². The Hall–Kier alpha value is -0.963. The van der Waals surface area contributed by atoms with Crippen LogP contribution in [-0.2, 0) is 0 Å². The van der Waals surface area contributed by atoms with Crippen molar-refractivity contribution in [2.24, 2.45) is 0 Å². The van der Waals surface area contributed by atoms with Crippen LogP contribution in [0.4, 0.5) is 5.69 Å². The van der Waals surface area contributed by atoms with E-state index in [0.29, 0.717) is 5.75 Å². The van der Waals surface area contributed by atoms with Crippen molar-refractivity contribution < 1.29 is 5.11 Å². The first-order valence-corrected chi connectivity index (χ1v) is 8.25. The Morgan fingerprint density at radius 2 is 1.73 bits per heavy atom. The molecule has 0 unspecified atom stereocenters. The van der Waals surface area contributed by atoms with Crippen LogP contribution in [0.1, 0.15) is 20.8 Å². The van der Waals surface area contributed by atoms with Crippen LogP contribution in [-0.4, -0.2) is 13.2 Å². The molecule has 0 saturated carbocycles. The second kappa shape index (κ2) is 3.56. The second-order valence-electron chi connectivity index (χ2n) is 5.65. The van der Waals surface area contributed by atoms with Crippen molar-refractivity contribution in [1.82, 2.24) is 0 Å². The normalized spacial score (nSPS) is 12.9. The van der Waals surface area contributed by atoms with Gasteiger partial charge in [0.2, 0.25) is 0 Å². The van der Waals surface area contributed by atoms with Crippen LogP contribution >= 0.6 is 0 Å². The molecule has 0 aromatic heterocycles. The summed E-state index contributed by atoms with van der Waals surface area (Å²) in [6.07, 6.45) is 0. The maximum absolute atomic E-state index is 9.91. The van der Waals surface area contributed by atoms with Gasteiger partial charge >= 0.3 is 0 Å². The maximum Gasteiger partial charge on any atom is 0.114 e. The van der Waals surface area contributed by atoms with Crippen LogP contribution in [0.2, 0.25) is 18.1 Å². The van der Waals surface area contributed by atoms with Crippen molar-refractivity contribution in [3.05, 3.63) is 18.2 Å². The third-order valence-corrected chi connectivity index (χ3v) is 9.07. The Morgan fingerprint density at radius 1 is 1.20 bits per heavy atom. The van der Waals surface area contributed by atoms with Crippen LogP contribution in [0.3, 0.4) is 0 Å². The van der Waals surface area contributed by atoms with E-state index >= 15 is 0 Å². The van der Waals surface area contributed by atoms with Crippen LogP contribution in [0.15, 0.2) is 18.2 Å². The molecule has 15 heavy (non-hydrogen) atoms. The predicted molar refractivity (Wildman–Crippen MR) is 69.4 cm³/mol. The maximum atomic E-state index is 9.91. The molecule has 0 saturated heterocycles. The molecule has 2 nitrogen and oxygen atoms in total. The summed E-state index contributed by atoms with van der Waals surface area (Å²) in [6.45, 7) is 11.2. The molecule has 0 heterocycles. The lowest BCUT2D eigenvalue weighted by molar-refractivity contribution is 0.478. The smallest absolute Gasteiger partial charge is 0.114 e. The predicted octanol–water partition coefficient (Wildman–Crippen LogP) is 2.69. The third-order valence-electron chi connectivity index (χ3n) is 3.57. The quantitative estimate of drug-likeness (QED) is 0.437. The zero-order valence-corrected chi connectivity index (χ0v) is 11.3. The highest BCUT2D eigenvalue weighted by Crippen LogP contribution is 2.37. The molecular weight excluding hydrogens is 202 g/mol. The number of nitrogens with two attached hydrogens (primary N) is 1. The molecule has 0 aliphatic heterocycles. The third kappa shape index (κ3) is 2.17. The summed E-state index contributed by atoms with van der Waals surface area (Å²) >= 11 is 0. The number of aromatic hydroxyl groups is 1. The first-order valence-electron chi connectivity index (χ1n) is 5.25. The van der Waals surface area contributed by atoms with Crippen molar-refractivity contribution in [3.63, 3.8) is 0 Å². The number of anilines is 1. The number of rotatable bonds is 1. The van der Waals surface area contributed by atoms with E-state index in [1.807, 2.05) is 6.07 Å². The Morgan fingerprint density at radius 3 is 2.20 bits per heavy atom. The zero-order chi connectivity index (χ0) is 11.9. The van der Waals surface area contributed by atoms with Gasteiger partial charge in [-0.2, -0.15) is 0 Å². The molecule has 1 aromatic rings. The number of hydrogen-bond acceptors (Lipinski definition) is 2. The molecular formula is C12H21NOSi. The van der Waals surface area contributed by atoms with Gasteiger partial charge in [-0.25, -0.2) is 0 Å². The number of benzene rings is 1. The van der Waals surface area contributed by atoms with E-state index in [9.17, 15) is 5.11 Å². The van der Waals surface area contributed by atoms with E-state index in [-0.39, 0.29) is 5.04 Å². The Labute approximate surface area is 93.1 Å². The summed E-state index contributed by atoms with van der Waals surface area (Å²) in [4.78, 5) is 0. The fourth-order valence-electron chi connectivity index (χ4n) is 1.46. The summed E-state index contributed by atoms with van der Waals surface area (Å²) in [7, 11) is -1.69. The zero-order valence-electron chi connectivity index (χ0n) is 10.3. The topological polar surface area (TPSA) is 46.2 Å². The summed E-state index contributed by atoms with van der Waals surface area (Å²) in [5.41, 5.74) is 6.51. The molecule has 0 bridgehead atoms. The Balaban J connectivity index is 3.32. The SMILES string of the molecule is CC(C)(C)[Si](C)(C)c1cc(N)ccc1O. The van der Waals surface area contributed by atoms with Gasteiger partial charge in [0.05, 0.1) is 8.07 Å². The fraction of sp³-hybridized carbons (Fsp3) is 0.500. The molecule has 0 amide bonds. The molecule has 3 N–H and O–H groups in total. The average Bonchev–Trinajstić information content (AvgIpc) is 2.07. The summed E-state index contributed by atoms with van der Waals surface area (Å²) in [6, 6.07) is 5.37. The van der Waals surface area contributed by atoms with Gasteiger partial charge in [-0.05, 0) is 28.4 Å². The second-order valence-corrected chi connectivity index (χ2v) is 10.9. The largest absolute Gasteiger partial charge is 0.508 e. The van der Waals surface area contributed by atoms with Crippen molar-refractivity contribution in [3.8, 4) is 5.75 Å². The van der Waals surface area contributed by atoms with Crippen molar-refractivity contribution in [2.45, 2.75) is 38.9 Å². The number of phenolic OH excluding ortho intramolecular Hbond substituents is 1. The van der Waals surface area contributed by atoms with E-state index in [4.69, 9.17) is 5.73 Å². The first kappa shape index (κ1) is 12.1. The minimum atomic E-state index is -1.69. The molecule has 84 valence electrons. The highest BCUT2D eigenvalue weighted by Gasteiger charge is 2.38. The first-order chi connectivity index (χ1) is 6.66. The van der Waals surface area contributed by atoms with Gasteiger partial charge in [0.1, 0.15) is 5.75 Å². The fourth-order valence-corrected chi connectivity index (χ4v) is 3.52. The highest BCUT2D eigenvalue weighted by molar-refractivity contribution is 6.92. The van der Waals surface area contributed by atoms with Gasteiger partial charge in [0, 0.05) is 5.69 Å². The van der Waals surface area contributed by atoms with Crippen molar-refractivity contribution >= 4 is 18.9 Å². The van der Waals surface area contributed by atoms with Crippen LogP contribution in [0, 0.1) is 0 Å². The van der Waals surface area contributed by atoms with Gasteiger partial charge in [-0.1, -0.05) is 33.9 Å². The minimum Gasteiger partial charge on any atom is -0.508 e. The minimum absolute atomic E-state index is 0.207. The van der Waals surface area contributed by atoms with E-state index in [1.54, 1.807) is 12.1 Å². The molecule has 0 radical (unpaired) electrons. The molecule has 0 spiro atoms. The van der Waals surface area contributed by atoms with Crippen molar-refractivity contribution in [2.75, 3.05) is 5.73 Å². The van der Waals surface area contributed by atoms with Gasteiger partial charge in [-0.15, -0.1) is 0 Å². The van der Waals surface area contributed by atoms with Gasteiger partial charge < -0.3 is 10.8 Å². The lowest BCUT2D eigenvalue weighted by atomic mass is 10.2. The van der Waals surface area contributed by atoms with E-state index in [0.717, 1.165) is 10.9 Å². The standard InChI is InChI=1S/C12H21NOSi/c1-12(2,3)15(4,5)11-8-9(13)6-7-10(11)14/h6-8,14H,13H2,1-5H3. The van der Waals surface area contributed by atoms with E-state index in [2.05, 4.69) is 33.9 Å². The molecule has 1 rings (SSSR count). The molecule has 1 aromatic carbocycles. The van der Waals surface area contributed by atoms with Crippen molar-refractivity contribution in [1.29, 1.82) is 0 Å². The number of phenols is 1. The van der Waals surface area contributed by atoms with Crippen LogP contribution in [0.25, 0.3) is 0 Å².